The third-order valence-electron chi connectivity index (χ3n) is 2.67. The topological polar surface area (TPSA) is 101 Å². The molecular weight excluding hydrogens is 314 g/mol. The second-order valence-electron chi connectivity index (χ2n) is 4.37. The van der Waals surface area contributed by atoms with E-state index in [9.17, 15) is 18.5 Å². The Kier molecular flexibility index (Phi) is 6.43. The van der Waals surface area contributed by atoms with E-state index < -0.39 is 14.9 Å². The summed E-state index contributed by atoms with van der Waals surface area (Å²) in [6, 6.07) is 3.47. The summed E-state index contributed by atoms with van der Waals surface area (Å²) in [6.07, 6.45) is 0. The van der Waals surface area contributed by atoms with E-state index in [2.05, 4.69) is 10.0 Å². The number of nitro benzene ring substituents is 1. The van der Waals surface area contributed by atoms with Crippen LogP contribution in [0.4, 0.5) is 11.4 Å². The molecule has 9 heteroatoms. The fourth-order valence-corrected chi connectivity index (χ4v) is 3.75. The zero-order chi connectivity index (χ0) is 16.0. The number of nitrogens with zero attached hydrogens (tertiary/aromatic N) is 1. The number of rotatable bonds is 8. The van der Waals surface area contributed by atoms with Crippen molar-refractivity contribution in [3.05, 3.63) is 28.3 Å². The molecule has 0 saturated heterocycles. The minimum Gasteiger partial charge on any atom is -0.383 e. The van der Waals surface area contributed by atoms with Crippen molar-refractivity contribution < 1.29 is 13.3 Å². The number of nitro groups is 1. The summed E-state index contributed by atoms with van der Waals surface area (Å²) in [5.74, 6) is 1.58. The maximum atomic E-state index is 12.2. The van der Waals surface area contributed by atoms with Crippen molar-refractivity contribution in [3.63, 3.8) is 0 Å². The first-order valence-electron chi connectivity index (χ1n) is 6.38. The molecule has 1 unspecified atom stereocenters. The highest BCUT2D eigenvalue weighted by atomic mass is 32.2. The molecule has 0 fully saturated rings. The Morgan fingerprint density at radius 3 is 2.62 bits per heavy atom. The van der Waals surface area contributed by atoms with E-state index in [4.69, 9.17) is 0 Å². The molecule has 2 N–H and O–H groups in total. The molecule has 0 aliphatic carbocycles. The molecule has 1 atom stereocenters. The molecule has 1 aromatic rings. The molecule has 0 aromatic heterocycles. The van der Waals surface area contributed by atoms with Gasteiger partial charge in [0.2, 0.25) is 10.0 Å². The Balaban J connectivity index is 3.01. The molecule has 0 heterocycles. The van der Waals surface area contributed by atoms with Gasteiger partial charge in [-0.05, 0) is 24.8 Å². The second-order valence-corrected chi connectivity index (χ2v) is 7.40. The summed E-state index contributed by atoms with van der Waals surface area (Å²) in [5, 5.41) is 13.5. The fourth-order valence-electron chi connectivity index (χ4n) is 1.70. The highest BCUT2D eigenvalue weighted by Gasteiger charge is 2.21. The number of hydrogen-bond donors (Lipinski definition) is 2. The Morgan fingerprint density at radius 1 is 1.43 bits per heavy atom. The molecule has 0 bridgehead atoms. The van der Waals surface area contributed by atoms with Crippen LogP contribution < -0.4 is 10.0 Å². The van der Waals surface area contributed by atoms with Crippen molar-refractivity contribution in [1.29, 1.82) is 0 Å². The quantitative estimate of drug-likeness (QED) is 0.558. The third-order valence-corrected chi connectivity index (χ3v) is 5.40. The molecule has 118 valence electrons. The standard InChI is InChI=1S/C12H19N3O4S2/c1-4-20-8-9(2)14-21(18,19)10-5-6-12(15(16)17)11(7-10)13-3/h5-7,9,13-14H,4,8H2,1-3H3. The summed E-state index contributed by atoms with van der Waals surface area (Å²) in [6.45, 7) is 3.78. The lowest BCUT2D eigenvalue weighted by atomic mass is 10.3. The molecule has 1 aromatic carbocycles. The van der Waals surface area contributed by atoms with Crippen LogP contribution in [-0.4, -0.2) is 37.9 Å². The maximum absolute atomic E-state index is 12.2. The molecule has 0 spiro atoms. The lowest BCUT2D eigenvalue weighted by Gasteiger charge is -2.14. The molecule has 0 aliphatic heterocycles. The highest BCUT2D eigenvalue weighted by molar-refractivity contribution is 7.99. The Labute approximate surface area is 128 Å². The summed E-state index contributed by atoms with van der Waals surface area (Å²) in [4.78, 5) is 10.3. The van der Waals surface area contributed by atoms with Gasteiger partial charge >= 0.3 is 0 Å². The SMILES string of the molecule is CCSCC(C)NS(=O)(=O)c1ccc([N+](=O)[O-])c(NC)c1. The van der Waals surface area contributed by atoms with Crippen molar-refractivity contribution in [3.8, 4) is 0 Å². The van der Waals surface area contributed by atoms with Gasteiger partial charge in [0.15, 0.2) is 0 Å². The minimum atomic E-state index is -3.69. The largest absolute Gasteiger partial charge is 0.383 e. The number of hydrogen-bond acceptors (Lipinski definition) is 6. The Hall–Kier alpha value is -1.32. The van der Waals surface area contributed by atoms with E-state index in [-0.39, 0.29) is 22.3 Å². The van der Waals surface area contributed by atoms with Gasteiger partial charge in [0, 0.05) is 24.9 Å². The van der Waals surface area contributed by atoms with Crippen molar-refractivity contribution in [2.75, 3.05) is 23.9 Å². The van der Waals surface area contributed by atoms with Crippen LogP contribution in [0.5, 0.6) is 0 Å². The molecule has 0 amide bonds. The second kappa shape index (κ2) is 7.62. The maximum Gasteiger partial charge on any atom is 0.292 e. The van der Waals surface area contributed by atoms with Gasteiger partial charge in [0.1, 0.15) is 5.69 Å². The van der Waals surface area contributed by atoms with Gasteiger partial charge in [-0.1, -0.05) is 6.92 Å². The average molecular weight is 333 g/mol. The van der Waals surface area contributed by atoms with Gasteiger partial charge in [0.05, 0.1) is 9.82 Å². The van der Waals surface area contributed by atoms with Crippen LogP contribution >= 0.6 is 11.8 Å². The van der Waals surface area contributed by atoms with Gasteiger partial charge in [-0.25, -0.2) is 13.1 Å². The summed E-state index contributed by atoms with van der Waals surface area (Å²) >= 11 is 1.64. The van der Waals surface area contributed by atoms with E-state index >= 15 is 0 Å². The van der Waals surface area contributed by atoms with Crippen LogP contribution in [-0.2, 0) is 10.0 Å². The average Bonchev–Trinajstić information content (AvgIpc) is 2.43. The van der Waals surface area contributed by atoms with Crippen LogP contribution in [0.25, 0.3) is 0 Å². The molecule has 1 rings (SSSR count). The van der Waals surface area contributed by atoms with Crippen LogP contribution in [0.2, 0.25) is 0 Å². The van der Waals surface area contributed by atoms with Crippen LogP contribution in [0.3, 0.4) is 0 Å². The highest BCUT2D eigenvalue weighted by Crippen LogP contribution is 2.27. The molecule has 0 saturated carbocycles. The minimum absolute atomic E-state index is 0.00537. The first-order valence-corrected chi connectivity index (χ1v) is 9.01. The fraction of sp³-hybridized carbons (Fsp3) is 0.500. The van der Waals surface area contributed by atoms with E-state index in [0.717, 1.165) is 5.75 Å². The molecule has 21 heavy (non-hydrogen) atoms. The summed E-state index contributed by atoms with van der Waals surface area (Å²) in [5.41, 5.74) is 0.00417. The summed E-state index contributed by atoms with van der Waals surface area (Å²) in [7, 11) is -2.18. The predicted molar refractivity (Wildman–Crippen MR) is 85.4 cm³/mol. The number of thioether (sulfide) groups is 1. The number of nitrogens with one attached hydrogen (secondary N) is 2. The van der Waals surface area contributed by atoms with Gasteiger partial charge in [-0.3, -0.25) is 10.1 Å². The zero-order valence-electron chi connectivity index (χ0n) is 12.1. The van der Waals surface area contributed by atoms with Crippen molar-refractivity contribution in [2.24, 2.45) is 0 Å². The predicted octanol–water partition coefficient (Wildman–Crippen LogP) is 2.06. The Morgan fingerprint density at radius 2 is 2.10 bits per heavy atom. The van der Waals surface area contributed by atoms with E-state index in [1.54, 1.807) is 18.7 Å². The summed E-state index contributed by atoms with van der Waals surface area (Å²) < 4.78 is 27.0. The van der Waals surface area contributed by atoms with Crippen LogP contribution in [0.1, 0.15) is 13.8 Å². The number of sulfonamides is 1. The van der Waals surface area contributed by atoms with Crippen LogP contribution in [0.15, 0.2) is 23.1 Å². The van der Waals surface area contributed by atoms with E-state index in [1.165, 1.54) is 25.2 Å². The first-order chi connectivity index (χ1) is 9.81. The monoisotopic (exact) mass is 333 g/mol. The van der Waals surface area contributed by atoms with E-state index in [1.807, 2.05) is 6.92 Å². The number of anilines is 1. The smallest absolute Gasteiger partial charge is 0.292 e. The first kappa shape index (κ1) is 17.7. The lowest BCUT2D eigenvalue weighted by Crippen LogP contribution is -2.34. The lowest BCUT2D eigenvalue weighted by molar-refractivity contribution is -0.384. The molecular formula is C12H19N3O4S2. The van der Waals surface area contributed by atoms with Gasteiger partial charge in [-0.15, -0.1) is 0 Å². The van der Waals surface area contributed by atoms with Gasteiger partial charge in [-0.2, -0.15) is 11.8 Å². The van der Waals surface area contributed by atoms with Crippen molar-refractivity contribution in [2.45, 2.75) is 24.8 Å². The van der Waals surface area contributed by atoms with E-state index in [0.29, 0.717) is 5.75 Å². The molecule has 0 radical (unpaired) electrons. The zero-order valence-corrected chi connectivity index (χ0v) is 13.8. The Bertz CT molecular complexity index is 605. The molecule has 0 aliphatic rings. The molecule has 7 nitrogen and oxygen atoms in total. The number of benzene rings is 1. The normalized spacial score (nSPS) is 12.9. The third kappa shape index (κ3) is 4.87. The van der Waals surface area contributed by atoms with Gasteiger partial charge < -0.3 is 5.32 Å². The van der Waals surface area contributed by atoms with Crippen molar-refractivity contribution >= 4 is 33.2 Å². The van der Waals surface area contributed by atoms with Crippen LogP contribution in [0, 0.1) is 10.1 Å². The van der Waals surface area contributed by atoms with Crippen molar-refractivity contribution in [1.82, 2.24) is 4.72 Å². The van der Waals surface area contributed by atoms with Gasteiger partial charge in [0.25, 0.3) is 5.69 Å².